The molecule has 1 unspecified atom stereocenters. The number of hydrogen-bond donors (Lipinski definition) is 0. The molecule has 2 aliphatic rings. The standard InChI is InChI=1S/C15H29N/c1-13(2,3)12-7-8-15(9-12)10-16(11-15)14(4,5)6/h12H,7-11H2,1-6H3. The topological polar surface area (TPSA) is 3.24 Å². The zero-order valence-electron chi connectivity index (χ0n) is 12.1. The highest BCUT2D eigenvalue weighted by Gasteiger charge is 2.52. The summed E-state index contributed by atoms with van der Waals surface area (Å²) >= 11 is 0. The van der Waals surface area contributed by atoms with Crippen molar-refractivity contribution in [2.24, 2.45) is 16.7 Å². The summed E-state index contributed by atoms with van der Waals surface area (Å²) in [6.07, 6.45) is 4.41. The fourth-order valence-corrected chi connectivity index (χ4v) is 3.47. The van der Waals surface area contributed by atoms with Crippen molar-refractivity contribution in [2.45, 2.75) is 66.3 Å². The maximum Gasteiger partial charge on any atom is 0.0125 e. The molecule has 94 valence electrons. The van der Waals surface area contributed by atoms with Gasteiger partial charge in [0.25, 0.3) is 0 Å². The van der Waals surface area contributed by atoms with E-state index in [2.05, 4.69) is 46.4 Å². The lowest BCUT2D eigenvalue weighted by Crippen LogP contribution is -2.61. The monoisotopic (exact) mass is 223 g/mol. The van der Waals surface area contributed by atoms with Crippen molar-refractivity contribution in [3.8, 4) is 0 Å². The van der Waals surface area contributed by atoms with Gasteiger partial charge in [-0.05, 0) is 56.8 Å². The van der Waals surface area contributed by atoms with E-state index in [0.29, 0.717) is 16.4 Å². The van der Waals surface area contributed by atoms with Crippen LogP contribution in [0, 0.1) is 16.7 Å². The van der Waals surface area contributed by atoms with Gasteiger partial charge in [-0.25, -0.2) is 0 Å². The molecule has 1 heteroatoms. The summed E-state index contributed by atoms with van der Waals surface area (Å²) in [5.41, 5.74) is 1.60. The van der Waals surface area contributed by atoms with Crippen molar-refractivity contribution >= 4 is 0 Å². The molecule has 1 atom stereocenters. The predicted octanol–water partition coefficient (Wildman–Crippen LogP) is 3.93. The molecule has 0 aromatic carbocycles. The molecule has 2 fully saturated rings. The van der Waals surface area contributed by atoms with Gasteiger partial charge in [0.2, 0.25) is 0 Å². The fraction of sp³-hybridized carbons (Fsp3) is 1.00. The Morgan fingerprint density at radius 3 is 1.94 bits per heavy atom. The number of rotatable bonds is 0. The van der Waals surface area contributed by atoms with Crippen LogP contribution in [0.5, 0.6) is 0 Å². The van der Waals surface area contributed by atoms with Gasteiger partial charge in [-0.2, -0.15) is 0 Å². The van der Waals surface area contributed by atoms with Crippen molar-refractivity contribution in [2.75, 3.05) is 13.1 Å². The minimum Gasteiger partial charge on any atom is -0.297 e. The third kappa shape index (κ3) is 2.16. The van der Waals surface area contributed by atoms with Crippen LogP contribution >= 0.6 is 0 Å². The van der Waals surface area contributed by atoms with Crippen LogP contribution in [0.2, 0.25) is 0 Å². The van der Waals surface area contributed by atoms with E-state index in [1.807, 2.05) is 0 Å². The second-order valence-corrected chi connectivity index (χ2v) is 8.33. The molecule has 1 nitrogen and oxygen atoms in total. The van der Waals surface area contributed by atoms with Gasteiger partial charge in [-0.15, -0.1) is 0 Å². The summed E-state index contributed by atoms with van der Waals surface area (Å²) in [6.45, 7) is 17.0. The normalized spacial score (nSPS) is 30.8. The molecule has 0 bridgehead atoms. The first kappa shape index (κ1) is 12.4. The minimum atomic E-state index is 0.380. The smallest absolute Gasteiger partial charge is 0.0125 e. The van der Waals surface area contributed by atoms with Gasteiger partial charge in [0, 0.05) is 18.6 Å². The molecular formula is C15H29N. The third-order valence-electron chi connectivity index (χ3n) is 4.93. The van der Waals surface area contributed by atoms with Crippen molar-refractivity contribution in [1.82, 2.24) is 4.90 Å². The van der Waals surface area contributed by atoms with Crippen LogP contribution in [-0.4, -0.2) is 23.5 Å². The Morgan fingerprint density at radius 1 is 1.00 bits per heavy atom. The summed E-state index contributed by atoms with van der Waals surface area (Å²) in [7, 11) is 0. The molecule has 0 aromatic rings. The molecule has 1 saturated carbocycles. The van der Waals surface area contributed by atoms with E-state index >= 15 is 0 Å². The predicted molar refractivity (Wildman–Crippen MR) is 70.6 cm³/mol. The Balaban J connectivity index is 1.92. The van der Waals surface area contributed by atoms with E-state index in [1.165, 1.54) is 32.4 Å². The summed E-state index contributed by atoms with van der Waals surface area (Å²) in [4.78, 5) is 2.65. The lowest BCUT2D eigenvalue weighted by Gasteiger charge is -2.55. The lowest BCUT2D eigenvalue weighted by atomic mass is 9.72. The van der Waals surface area contributed by atoms with Gasteiger partial charge in [0.05, 0.1) is 0 Å². The van der Waals surface area contributed by atoms with Gasteiger partial charge >= 0.3 is 0 Å². The first-order valence-electron chi connectivity index (χ1n) is 6.88. The van der Waals surface area contributed by atoms with Crippen molar-refractivity contribution in [3.63, 3.8) is 0 Å². The van der Waals surface area contributed by atoms with Crippen molar-refractivity contribution < 1.29 is 0 Å². The van der Waals surface area contributed by atoms with E-state index in [0.717, 1.165) is 5.92 Å². The average molecular weight is 223 g/mol. The molecule has 1 saturated heterocycles. The van der Waals surface area contributed by atoms with Gasteiger partial charge in [-0.1, -0.05) is 20.8 Å². The van der Waals surface area contributed by atoms with Gasteiger partial charge in [0.1, 0.15) is 0 Å². The van der Waals surface area contributed by atoms with Gasteiger partial charge in [0.15, 0.2) is 0 Å². The van der Waals surface area contributed by atoms with Crippen LogP contribution in [0.15, 0.2) is 0 Å². The summed E-state index contributed by atoms with van der Waals surface area (Å²) < 4.78 is 0. The van der Waals surface area contributed by atoms with Crippen LogP contribution in [-0.2, 0) is 0 Å². The molecule has 2 rings (SSSR count). The van der Waals surface area contributed by atoms with Crippen molar-refractivity contribution in [1.29, 1.82) is 0 Å². The van der Waals surface area contributed by atoms with Crippen LogP contribution in [0.4, 0.5) is 0 Å². The molecule has 1 aliphatic carbocycles. The summed E-state index contributed by atoms with van der Waals surface area (Å²) in [5.74, 6) is 0.953. The number of nitrogens with zero attached hydrogens (tertiary/aromatic N) is 1. The molecule has 0 N–H and O–H groups in total. The highest BCUT2D eigenvalue weighted by Crippen LogP contribution is 2.54. The Bertz CT molecular complexity index is 260. The summed E-state index contributed by atoms with van der Waals surface area (Å²) in [5, 5.41) is 0. The highest BCUT2D eigenvalue weighted by molar-refractivity contribution is 5.04. The molecule has 0 aromatic heterocycles. The Morgan fingerprint density at radius 2 is 1.56 bits per heavy atom. The SMILES string of the molecule is CC(C)(C)C1CCC2(C1)CN(C(C)(C)C)C2. The molecule has 16 heavy (non-hydrogen) atoms. The number of hydrogen-bond acceptors (Lipinski definition) is 1. The Hall–Kier alpha value is -0.0400. The Kier molecular flexibility index (Phi) is 2.70. The van der Waals surface area contributed by atoms with Gasteiger partial charge < -0.3 is 0 Å². The van der Waals surface area contributed by atoms with Crippen LogP contribution in [0.3, 0.4) is 0 Å². The lowest BCUT2D eigenvalue weighted by molar-refractivity contribution is -0.0593. The molecule has 1 aliphatic heterocycles. The van der Waals surface area contributed by atoms with Crippen molar-refractivity contribution in [3.05, 3.63) is 0 Å². The number of likely N-dealkylation sites (tertiary alicyclic amines) is 1. The maximum atomic E-state index is 2.65. The summed E-state index contributed by atoms with van der Waals surface area (Å²) in [6, 6.07) is 0. The minimum absolute atomic E-state index is 0.380. The van der Waals surface area contributed by atoms with E-state index in [9.17, 15) is 0 Å². The first-order chi connectivity index (χ1) is 7.12. The maximum absolute atomic E-state index is 2.65. The molecule has 1 spiro atoms. The van der Waals surface area contributed by atoms with E-state index in [1.54, 1.807) is 0 Å². The third-order valence-corrected chi connectivity index (χ3v) is 4.93. The first-order valence-corrected chi connectivity index (χ1v) is 6.88. The zero-order valence-corrected chi connectivity index (χ0v) is 12.1. The average Bonchev–Trinajstić information content (AvgIpc) is 2.41. The van der Waals surface area contributed by atoms with E-state index in [4.69, 9.17) is 0 Å². The van der Waals surface area contributed by atoms with Crippen LogP contribution in [0.1, 0.15) is 60.8 Å². The molecular weight excluding hydrogens is 194 g/mol. The van der Waals surface area contributed by atoms with Crippen LogP contribution < -0.4 is 0 Å². The Labute approximate surface area is 102 Å². The quantitative estimate of drug-likeness (QED) is 0.601. The van der Waals surface area contributed by atoms with Gasteiger partial charge in [-0.3, -0.25) is 4.90 Å². The molecule has 1 heterocycles. The highest BCUT2D eigenvalue weighted by atomic mass is 15.3. The fourth-order valence-electron chi connectivity index (χ4n) is 3.47. The molecule has 0 amide bonds. The second kappa shape index (κ2) is 3.48. The van der Waals surface area contributed by atoms with E-state index in [-0.39, 0.29) is 0 Å². The zero-order chi connectivity index (χ0) is 12.2. The molecule has 0 radical (unpaired) electrons. The van der Waals surface area contributed by atoms with E-state index < -0.39 is 0 Å². The largest absolute Gasteiger partial charge is 0.297 e. The van der Waals surface area contributed by atoms with Crippen LogP contribution in [0.25, 0.3) is 0 Å². The second-order valence-electron chi connectivity index (χ2n) is 8.33.